The normalized spacial score (nSPS) is 10.2. The average Bonchev–Trinajstić information content (AvgIpc) is 2.34. The molecule has 0 fully saturated rings. The Morgan fingerprint density at radius 3 is 2.68 bits per heavy atom. The van der Waals surface area contributed by atoms with Crippen LogP contribution in [-0.2, 0) is 11.2 Å². The quantitative estimate of drug-likeness (QED) is 0.841. The Balaban J connectivity index is 2.28. The van der Waals surface area contributed by atoms with Gasteiger partial charge in [0, 0.05) is 5.02 Å². The number of carboxylic acid groups (broad SMARTS) is 1. The number of ether oxygens (including phenoxy) is 1. The maximum Gasteiger partial charge on any atom is 0.307 e. The van der Waals surface area contributed by atoms with Crippen LogP contribution in [0.3, 0.4) is 0 Å². The van der Waals surface area contributed by atoms with Crippen molar-refractivity contribution in [3.05, 3.63) is 53.1 Å². The molecule has 0 heterocycles. The van der Waals surface area contributed by atoms with Crippen LogP contribution in [-0.4, -0.2) is 11.1 Å². The van der Waals surface area contributed by atoms with Crippen molar-refractivity contribution in [1.82, 2.24) is 0 Å². The van der Waals surface area contributed by atoms with Crippen molar-refractivity contribution in [2.45, 2.75) is 6.42 Å². The van der Waals surface area contributed by atoms with Crippen LogP contribution in [0.15, 0.2) is 42.5 Å². The van der Waals surface area contributed by atoms with Crippen molar-refractivity contribution >= 4 is 23.3 Å². The summed E-state index contributed by atoms with van der Waals surface area (Å²) in [6, 6.07) is 11.9. The van der Waals surface area contributed by atoms with Gasteiger partial charge in [-0.25, -0.2) is 0 Å². The molecule has 0 bridgehead atoms. The number of carbonyl (C=O) groups is 1. The van der Waals surface area contributed by atoms with Gasteiger partial charge in [-0.2, -0.15) is 0 Å². The Kier molecular flexibility index (Phi) is 3.92. The molecular weight excluding hydrogens is 266 g/mol. The lowest BCUT2D eigenvalue weighted by Gasteiger charge is -2.11. The summed E-state index contributed by atoms with van der Waals surface area (Å²) < 4.78 is 5.61. The minimum atomic E-state index is -0.938. The van der Waals surface area contributed by atoms with E-state index in [0.717, 1.165) is 0 Å². The Morgan fingerprint density at radius 2 is 2.00 bits per heavy atom. The first-order chi connectivity index (χ1) is 9.06. The molecule has 0 radical (unpaired) electrons. The summed E-state index contributed by atoms with van der Waals surface area (Å²) >= 11 is 5.86. The second-order valence-electron chi connectivity index (χ2n) is 3.96. The first-order valence-corrected chi connectivity index (χ1v) is 5.96. The lowest BCUT2D eigenvalue weighted by molar-refractivity contribution is -0.136. The summed E-state index contributed by atoms with van der Waals surface area (Å²) in [7, 11) is 0. The van der Waals surface area contributed by atoms with Gasteiger partial charge >= 0.3 is 5.97 Å². The number of nitrogens with two attached hydrogens (primary N) is 1. The number of rotatable bonds is 4. The minimum absolute atomic E-state index is 0.140. The predicted molar refractivity (Wildman–Crippen MR) is 73.7 cm³/mol. The molecule has 0 atom stereocenters. The van der Waals surface area contributed by atoms with Crippen molar-refractivity contribution in [3.63, 3.8) is 0 Å². The van der Waals surface area contributed by atoms with E-state index in [-0.39, 0.29) is 6.42 Å². The van der Waals surface area contributed by atoms with Crippen LogP contribution in [0, 0.1) is 0 Å². The second-order valence-corrected chi connectivity index (χ2v) is 4.40. The summed E-state index contributed by atoms with van der Waals surface area (Å²) in [6.07, 6.45) is -0.140. The summed E-state index contributed by atoms with van der Waals surface area (Å²) in [6.45, 7) is 0. The van der Waals surface area contributed by atoms with Crippen molar-refractivity contribution in [2.75, 3.05) is 5.73 Å². The van der Waals surface area contributed by atoms with Gasteiger partial charge in [-0.3, -0.25) is 4.79 Å². The van der Waals surface area contributed by atoms with Gasteiger partial charge < -0.3 is 15.6 Å². The maximum absolute atomic E-state index is 10.7. The van der Waals surface area contributed by atoms with Crippen LogP contribution in [0.1, 0.15) is 5.56 Å². The average molecular weight is 278 g/mol. The highest BCUT2D eigenvalue weighted by Crippen LogP contribution is 2.31. The Labute approximate surface area is 115 Å². The maximum atomic E-state index is 10.7. The molecule has 0 aliphatic carbocycles. The Hall–Kier alpha value is -2.20. The molecule has 4 nitrogen and oxygen atoms in total. The van der Waals surface area contributed by atoms with Crippen LogP contribution < -0.4 is 10.5 Å². The van der Waals surface area contributed by atoms with Crippen molar-refractivity contribution < 1.29 is 14.6 Å². The highest BCUT2D eigenvalue weighted by atomic mass is 35.5. The van der Waals surface area contributed by atoms with Crippen LogP contribution in [0.5, 0.6) is 11.5 Å². The fraction of sp³-hybridized carbons (Fsp3) is 0.0714. The SMILES string of the molecule is Nc1c(CC(=O)O)cccc1Oc1cccc(Cl)c1. The molecule has 3 N–H and O–H groups in total. The second kappa shape index (κ2) is 5.63. The van der Waals surface area contributed by atoms with Gasteiger partial charge in [0.25, 0.3) is 0 Å². The third-order valence-electron chi connectivity index (χ3n) is 2.52. The molecule has 0 unspecified atom stereocenters. The molecule has 5 heteroatoms. The van der Waals surface area contributed by atoms with Gasteiger partial charge in [0.15, 0.2) is 5.75 Å². The van der Waals surface area contributed by atoms with Crippen LogP contribution in [0.4, 0.5) is 5.69 Å². The van der Waals surface area contributed by atoms with Crippen molar-refractivity contribution in [3.8, 4) is 11.5 Å². The van der Waals surface area contributed by atoms with Gasteiger partial charge in [0.2, 0.25) is 0 Å². The summed E-state index contributed by atoms with van der Waals surface area (Å²) in [5, 5.41) is 9.35. The van der Waals surface area contributed by atoms with E-state index in [2.05, 4.69) is 0 Å². The molecule has 98 valence electrons. The predicted octanol–water partition coefficient (Wildman–Crippen LogP) is 3.34. The van der Waals surface area contributed by atoms with E-state index < -0.39 is 5.97 Å². The number of anilines is 1. The highest BCUT2D eigenvalue weighted by molar-refractivity contribution is 6.30. The zero-order valence-corrected chi connectivity index (χ0v) is 10.7. The van der Waals surface area contributed by atoms with Gasteiger partial charge in [0.05, 0.1) is 12.1 Å². The fourth-order valence-electron chi connectivity index (χ4n) is 1.65. The van der Waals surface area contributed by atoms with Crippen LogP contribution in [0.2, 0.25) is 5.02 Å². The van der Waals surface area contributed by atoms with E-state index >= 15 is 0 Å². The number of nitrogen functional groups attached to an aromatic ring is 1. The molecule has 0 saturated carbocycles. The molecule has 0 saturated heterocycles. The molecule has 2 aromatic rings. The van der Waals surface area contributed by atoms with E-state index in [9.17, 15) is 4.79 Å². The summed E-state index contributed by atoms with van der Waals surface area (Å²) in [4.78, 5) is 10.7. The Morgan fingerprint density at radius 1 is 1.26 bits per heavy atom. The monoisotopic (exact) mass is 277 g/mol. The number of aliphatic carboxylic acids is 1. The minimum Gasteiger partial charge on any atom is -0.481 e. The topological polar surface area (TPSA) is 72.6 Å². The third kappa shape index (κ3) is 3.39. The van der Waals surface area contributed by atoms with Crippen molar-refractivity contribution in [1.29, 1.82) is 0 Å². The van der Waals surface area contributed by atoms with Crippen LogP contribution >= 0.6 is 11.6 Å². The number of benzene rings is 2. The molecule has 2 rings (SSSR count). The van der Waals surface area contributed by atoms with E-state index in [0.29, 0.717) is 27.8 Å². The molecule has 0 spiro atoms. The van der Waals surface area contributed by atoms with Gasteiger partial charge in [0.1, 0.15) is 5.75 Å². The largest absolute Gasteiger partial charge is 0.481 e. The molecule has 0 aromatic heterocycles. The summed E-state index contributed by atoms with van der Waals surface area (Å²) in [5.41, 5.74) is 6.74. The smallest absolute Gasteiger partial charge is 0.307 e. The molecule has 0 aliphatic heterocycles. The van der Waals surface area contributed by atoms with Crippen molar-refractivity contribution in [2.24, 2.45) is 0 Å². The number of carboxylic acids is 1. The molecule has 2 aromatic carbocycles. The fourth-order valence-corrected chi connectivity index (χ4v) is 1.83. The summed E-state index contributed by atoms with van der Waals surface area (Å²) in [5.74, 6) is 0.0271. The van der Waals surface area contributed by atoms with E-state index in [1.54, 1.807) is 42.5 Å². The third-order valence-corrected chi connectivity index (χ3v) is 2.76. The molecular formula is C14H12ClNO3. The zero-order chi connectivity index (χ0) is 13.8. The number of halogens is 1. The lowest BCUT2D eigenvalue weighted by atomic mass is 10.1. The van der Waals surface area contributed by atoms with Crippen LogP contribution in [0.25, 0.3) is 0 Å². The van der Waals surface area contributed by atoms with Gasteiger partial charge in [-0.15, -0.1) is 0 Å². The molecule has 0 amide bonds. The zero-order valence-electron chi connectivity index (χ0n) is 9.97. The molecule has 0 aliphatic rings. The number of hydrogen-bond acceptors (Lipinski definition) is 3. The van der Waals surface area contributed by atoms with Gasteiger partial charge in [-0.05, 0) is 29.8 Å². The number of hydrogen-bond donors (Lipinski definition) is 2. The lowest BCUT2D eigenvalue weighted by Crippen LogP contribution is -2.04. The van der Waals surface area contributed by atoms with E-state index in [4.69, 9.17) is 27.2 Å². The first kappa shape index (κ1) is 13.2. The van der Waals surface area contributed by atoms with Gasteiger partial charge in [-0.1, -0.05) is 29.8 Å². The van der Waals surface area contributed by atoms with E-state index in [1.165, 1.54) is 0 Å². The number of para-hydroxylation sites is 1. The highest BCUT2D eigenvalue weighted by Gasteiger charge is 2.10. The van der Waals surface area contributed by atoms with E-state index in [1.807, 2.05) is 0 Å². The molecule has 19 heavy (non-hydrogen) atoms. The first-order valence-electron chi connectivity index (χ1n) is 5.59. The Bertz CT molecular complexity index is 613. The standard InChI is InChI=1S/C14H12ClNO3/c15-10-4-2-5-11(8-10)19-12-6-1-3-9(14(12)16)7-13(17)18/h1-6,8H,7,16H2,(H,17,18).